The van der Waals surface area contributed by atoms with Crippen LogP contribution in [-0.2, 0) is 4.79 Å². The van der Waals surface area contributed by atoms with Crippen molar-refractivity contribution in [3.05, 3.63) is 35.9 Å². The van der Waals surface area contributed by atoms with Crippen LogP contribution in [0.5, 0.6) is 0 Å². The van der Waals surface area contributed by atoms with E-state index in [0.717, 1.165) is 5.56 Å². The lowest BCUT2D eigenvalue weighted by atomic mass is 10.0. The van der Waals surface area contributed by atoms with E-state index < -0.39 is 18.1 Å². The predicted molar refractivity (Wildman–Crippen MR) is 53.9 cm³/mol. The minimum absolute atomic E-state index is 0.529. The van der Waals surface area contributed by atoms with E-state index in [1.807, 2.05) is 30.3 Å². The molecule has 0 bridgehead atoms. The van der Waals surface area contributed by atoms with Gasteiger partial charge in [0.25, 0.3) is 0 Å². The molecule has 0 aliphatic carbocycles. The van der Waals surface area contributed by atoms with Gasteiger partial charge in [0, 0.05) is 0 Å². The second kappa shape index (κ2) is 4.74. The van der Waals surface area contributed by atoms with Crippen LogP contribution in [0.3, 0.4) is 0 Å². The standard InChI is InChI=1S/C10H14N2O2/c1-12-9(10(13)14)8(11)7-5-3-2-4-6-7/h2-6,8-9,12H,11H2,1H3,(H,13,14)/t8?,9-/m0/s1. The van der Waals surface area contributed by atoms with Gasteiger partial charge in [-0.2, -0.15) is 0 Å². The van der Waals surface area contributed by atoms with E-state index in [9.17, 15) is 4.79 Å². The van der Waals surface area contributed by atoms with E-state index >= 15 is 0 Å². The summed E-state index contributed by atoms with van der Waals surface area (Å²) in [5, 5.41) is 11.5. The lowest BCUT2D eigenvalue weighted by Gasteiger charge is -2.19. The average molecular weight is 194 g/mol. The van der Waals surface area contributed by atoms with Gasteiger partial charge in [0.15, 0.2) is 0 Å². The largest absolute Gasteiger partial charge is 0.480 e. The number of likely N-dealkylation sites (N-methyl/N-ethyl adjacent to an activating group) is 1. The summed E-state index contributed by atoms with van der Waals surface area (Å²) < 4.78 is 0. The molecule has 0 saturated heterocycles. The van der Waals surface area contributed by atoms with E-state index in [2.05, 4.69) is 5.32 Å². The Kier molecular flexibility index (Phi) is 3.62. The van der Waals surface area contributed by atoms with Crippen molar-refractivity contribution in [2.75, 3.05) is 7.05 Å². The molecule has 0 aliphatic rings. The number of carboxylic acid groups (broad SMARTS) is 1. The van der Waals surface area contributed by atoms with Crippen LogP contribution in [0.25, 0.3) is 0 Å². The van der Waals surface area contributed by atoms with Crippen LogP contribution in [0, 0.1) is 0 Å². The van der Waals surface area contributed by atoms with Gasteiger partial charge in [-0.3, -0.25) is 4.79 Å². The van der Waals surface area contributed by atoms with Gasteiger partial charge in [-0.05, 0) is 12.6 Å². The molecule has 0 radical (unpaired) electrons. The zero-order valence-electron chi connectivity index (χ0n) is 7.97. The quantitative estimate of drug-likeness (QED) is 0.647. The molecule has 0 amide bonds. The van der Waals surface area contributed by atoms with Crippen LogP contribution < -0.4 is 11.1 Å². The first kappa shape index (κ1) is 10.7. The van der Waals surface area contributed by atoms with Crippen molar-refractivity contribution in [1.82, 2.24) is 5.32 Å². The van der Waals surface area contributed by atoms with E-state index in [1.165, 1.54) is 0 Å². The zero-order valence-corrected chi connectivity index (χ0v) is 7.97. The van der Waals surface area contributed by atoms with E-state index in [0.29, 0.717) is 0 Å². The molecule has 76 valence electrons. The van der Waals surface area contributed by atoms with Crippen molar-refractivity contribution < 1.29 is 9.90 Å². The molecule has 4 nitrogen and oxygen atoms in total. The third-order valence-electron chi connectivity index (χ3n) is 2.12. The third kappa shape index (κ3) is 2.31. The van der Waals surface area contributed by atoms with Crippen molar-refractivity contribution in [3.63, 3.8) is 0 Å². The van der Waals surface area contributed by atoms with Gasteiger partial charge in [0.2, 0.25) is 0 Å². The van der Waals surface area contributed by atoms with Gasteiger partial charge in [0.1, 0.15) is 6.04 Å². The Morgan fingerprint density at radius 2 is 2.00 bits per heavy atom. The normalized spacial score (nSPS) is 14.7. The molecule has 0 fully saturated rings. The van der Waals surface area contributed by atoms with Crippen molar-refractivity contribution in [3.8, 4) is 0 Å². The topological polar surface area (TPSA) is 75.3 Å². The Labute approximate surface area is 82.7 Å². The lowest BCUT2D eigenvalue weighted by molar-refractivity contribution is -0.139. The first-order chi connectivity index (χ1) is 6.66. The lowest BCUT2D eigenvalue weighted by Crippen LogP contribution is -2.43. The highest BCUT2D eigenvalue weighted by molar-refractivity contribution is 5.74. The molecule has 1 aromatic carbocycles. The molecular formula is C10H14N2O2. The third-order valence-corrected chi connectivity index (χ3v) is 2.12. The van der Waals surface area contributed by atoms with Crippen LogP contribution >= 0.6 is 0 Å². The van der Waals surface area contributed by atoms with Crippen molar-refractivity contribution in [2.45, 2.75) is 12.1 Å². The minimum atomic E-state index is -0.941. The molecule has 1 rings (SSSR count). The van der Waals surface area contributed by atoms with E-state index in [1.54, 1.807) is 7.05 Å². The number of nitrogens with two attached hydrogens (primary N) is 1. The average Bonchev–Trinajstić information content (AvgIpc) is 2.19. The first-order valence-electron chi connectivity index (χ1n) is 4.37. The number of nitrogens with one attached hydrogen (secondary N) is 1. The van der Waals surface area contributed by atoms with Crippen LogP contribution in [-0.4, -0.2) is 24.2 Å². The SMILES string of the molecule is CN[C@H](C(=O)O)C(N)c1ccccc1. The summed E-state index contributed by atoms with van der Waals surface area (Å²) in [6.07, 6.45) is 0. The highest BCUT2D eigenvalue weighted by Crippen LogP contribution is 2.13. The maximum atomic E-state index is 10.8. The minimum Gasteiger partial charge on any atom is -0.480 e. The molecule has 0 aromatic heterocycles. The summed E-state index contributed by atoms with van der Waals surface area (Å²) >= 11 is 0. The zero-order chi connectivity index (χ0) is 10.6. The number of aliphatic carboxylic acids is 1. The number of carboxylic acids is 1. The molecule has 0 spiro atoms. The molecule has 1 unspecified atom stereocenters. The van der Waals surface area contributed by atoms with E-state index in [-0.39, 0.29) is 0 Å². The molecule has 0 saturated carbocycles. The second-order valence-corrected chi connectivity index (χ2v) is 3.04. The number of benzene rings is 1. The Bertz CT molecular complexity index is 300. The number of hydrogen-bond donors (Lipinski definition) is 3. The Balaban J connectivity index is 2.83. The fraction of sp³-hybridized carbons (Fsp3) is 0.300. The summed E-state index contributed by atoms with van der Waals surface area (Å²) in [5.41, 5.74) is 6.62. The monoisotopic (exact) mass is 194 g/mol. The first-order valence-corrected chi connectivity index (χ1v) is 4.37. The second-order valence-electron chi connectivity index (χ2n) is 3.04. The van der Waals surface area contributed by atoms with Gasteiger partial charge in [0.05, 0.1) is 6.04 Å². The summed E-state index contributed by atoms with van der Waals surface area (Å²) in [5.74, 6) is -0.941. The number of carbonyl (C=O) groups is 1. The molecule has 1 aromatic rings. The van der Waals surface area contributed by atoms with Gasteiger partial charge in [-0.15, -0.1) is 0 Å². The smallest absolute Gasteiger partial charge is 0.322 e. The van der Waals surface area contributed by atoms with Gasteiger partial charge in [-0.25, -0.2) is 0 Å². The molecule has 2 atom stereocenters. The summed E-state index contributed by atoms with van der Waals surface area (Å²) in [7, 11) is 1.58. The highest BCUT2D eigenvalue weighted by atomic mass is 16.4. The number of hydrogen-bond acceptors (Lipinski definition) is 3. The van der Waals surface area contributed by atoms with Crippen molar-refractivity contribution >= 4 is 5.97 Å². The predicted octanol–water partition coefficient (Wildman–Crippen LogP) is 0.359. The van der Waals surface area contributed by atoms with Crippen LogP contribution in [0.15, 0.2) is 30.3 Å². The number of rotatable bonds is 4. The maximum Gasteiger partial charge on any atom is 0.322 e. The molecule has 0 aliphatic heterocycles. The van der Waals surface area contributed by atoms with Crippen molar-refractivity contribution in [1.29, 1.82) is 0 Å². The Hall–Kier alpha value is -1.39. The van der Waals surface area contributed by atoms with Crippen LogP contribution in [0.2, 0.25) is 0 Å². The highest BCUT2D eigenvalue weighted by Gasteiger charge is 2.24. The molecule has 14 heavy (non-hydrogen) atoms. The molecule has 4 N–H and O–H groups in total. The van der Waals surface area contributed by atoms with Gasteiger partial charge >= 0.3 is 5.97 Å². The fourth-order valence-corrected chi connectivity index (χ4v) is 1.32. The summed E-state index contributed by atoms with van der Waals surface area (Å²) in [4.78, 5) is 10.8. The van der Waals surface area contributed by atoms with Gasteiger partial charge in [-0.1, -0.05) is 30.3 Å². The molecular weight excluding hydrogens is 180 g/mol. The Morgan fingerprint density at radius 3 is 2.43 bits per heavy atom. The summed E-state index contributed by atoms with van der Waals surface area (Å²) in [6, 6.07) is 7.89. The maximum absolute atomic E-state index is 10.8. The van der Waals surface area contributed by atoms with Gasteiger partial charge < -0.3 is 16.2 Å². The van der Waals surface area contributed by atoms with Crippen LogP contribution in [0.1, 0.15) is 11.6 Å². The fourth-order valence-electron chi connectivity index (χ4n) is 1.32. The molecule has 4 heteroatoms. The van der Waals surface area contributed by atoms with Crippen LogP contribution in [0.4, 0.5) is 0 Å². The van der Waals surface area contributed by atoms with E-state index in [4.69, 9.17) is 10.8 Å². The molecule has 0 heterocycles. The summed E-state index contributed by atoms with van der Waals surface area (Å²) in [6.45, 7) is 0. The van der Waals surface area contributed by atoms with Crippen molar-refractivity contribution in [2.24, 2.45) is 5.73 Å². The Morgan fingerprint density at radius 1 is 1.43 bits per heavy atom.